The molecule has 0 amide bonds. The monoisotopic (exact) mass is 257 g/mol. The van der Waals surface area contributed by atoms with Crippen molar-refractivity contribution in [3.8, 4) is 5.75 Å². The first-order chi connectivity index (χ1) is 6.52. The molecule has 1 aromatic carbocycles. The van der Waals surface area contributed by atoms with Crippen molar-refractivity contribution in [1.29, 1.82) is 0 Å². The number of para-hydroxylation sites is 1. The van der Waals surface area contributed by atoms with E-state index in [2.05, 4.69) is 0 Å². The third kappa shape index (κ3) is 3.81. The summed E-state index contributed by atoms with van der Waals surface area (Å²) in [6, 6.07) is 3.61. The van der Waals surface area contributed by atoms with E-state index in [-0.39, 0.29) is 28.7 Å². The minimum atomic E-state index is -2.50. The highest BCUT2D eigenvalue weighted by atomic mass is 35.5. The van der Waals surface area contributed by atoms with Crippen molar-refractivity contribution in [3.05, 3.63) is 28.8 Å². The second-order valence-corrected chi connectivity index (χ2v) is 3.32. The van der Waals surface area contributed by atoms with Crippen LogP contribution in [0.2, 0.25) is 5.02 Å². The van der Waals surface area contributed by atoms with E-state index in [9.17, 15) is 13.9 Å². The normalized spacial score (nSPS) is 12.3. The molecule has 6 heteroatoms. The second kappa shape index (κ2) is 6.10. The smallest absolute Gasteiger partial charge is 0.240 e. The molecule has 0 aliphatic heterocycles. The molecule has 0 saturated carbocycles. The number of phenolic OH excluding ortho intramolecular Hbond substituents is 1. The van der Waals surface area contributed by atoms with Crippen molar-refractivity contribution < 1.29 is 13.9 Å². The van der Waals surface area contributed by atoms with Crippen LogP contribution in [0.5, 0.6) is 5.75 Å². The van der Waals surface area contributed by atoms with Gasteiger partial charge in [0.2, 0.25) is 6.43 Å². The third-order valence-electron chi connectivity index (χ3n) is 1.85. The lowest BCUT2D eigenvalue weighted by Gasteiger charge is -2.13. The van der Waals surface area contributed by atoms with E-state index >= 15 is 0 Å². The van der Waals surface area contributed by atoms with Gasteiger partial charge in [-0.15, -0.1) is 12.4 Å². The maximum absolute atomic E-state index is 12.0. The molecule has 3 N–H and O–H groups in total. The van der Waals surface area contributed by atoms with Gasteiger partial charge in [-0.1, -0.05) is 23.7 Å². The van der Waals surface area contributed by atoms with E-state index in [0.717, 1.165) is 0 Å². The van der Waals surface area contributed by atoms with Gasteiger partial charge in [0, 0.05) is 18.0 Å². The van der Waals surface area contributed by atoms with Crippen LogP contribution in [-0.4, -0.2) is 11.5 Å². The van der Waals surface area contributed by atoms with Gasteiger partial charge in [0.15, 0.2) is 0 Å². The molecular formula is C9H11Cl2F2NO. The number of nitrogens with two attached hydrogens (primary N) is 1. The van der Waals surface area contributed by atoms with Crippen molar-refractivity contribution in [3.63, 3.8) is 0 Å². The molecule has 0 aromatic heterocycles. The van der Waals surface area contributed by atoms with Crippen LogP contribution in [0.15, 0.2) is 18.2 Å². The predicted octanol–water partition coefficient (Wildman–Crippen LogP) is 3.12. The molecule has 0 heterocycles. The zero-order valence-electron chi connectivity index (χ0n) is 7.66. The summed E-state index contributed by atoms with van der Waals surface area (Å²) in [5.74, 6) is -0.220. The number of aromatic hydroxyl groups is 1. The Balaban J connectivity index is 0.00000196. The molecular weight excluding hydrogens is 247 g/mol. The average molecular weight is 258 g/mol. The van der Waals surface area contributed by atoms with Gasteiger partial charge in [0.05, 0.1) is 5.02 Å². The summed E-state index contributed by atoms with van der Waals surface area (Å²) in [5.41, 5.74) is 5.71. The molecule has 0 bridgehead atoms. The summed E-state index contributed by atoms with van der Waals surface area (Å²) in [4.78, 5) is 0. The Morgan fingerprint density at radius 1 is 1.40 bits per heavy atom. The quantitative estimate of drug-likeness (QED) is 0.874. The van der Waals surface area contributed by atoms with E-state index < -0.39 is 18.9 Å². The first kappa shape index (κ1) is 14.4. The lowest BCUT2D eigenvalue weighted by atomic mass is 10.0. The van der Waals surface area contributed by atoms with Gasteiger partial charge in [-0.25, -0.2) is 8.78 Å². The van der Waals surface area contributed by atoms with Crippen molar-refractivity contribution in [2.45, 2.75) is 18.9 Å². The molecule has 0 radical (unpaired) electrons. The lowest BCUT2D eigenvalue weighted by molar-refractivity contribution is 0.128. The SMILES string of the molecule is Cl.N[C@H](CC(F)F)c1cccc(Cl)c1O. The minimum Gasteiger partial charge on any atom is -0.506 e. The van der Waals surface area contributed by atoms with Crippen LogP contribution in [0.4, 0.5) is 8.78 Å². The topological polar surface area (TPSA) is 46.2 Å². The lowest BCUT2D eigenvalue weighted by Crippen LogP contribution is -2.14. The summed E-state index contributed by atoms with van der Waals surface area (Å²) >= 11 is 5.60. The first-order valence-electron chi connectivity index (χ1n) is 4.03. The molecule has 86 valence electrons. The van der Waals surface area contributed by atoms with Crippen molar-refractivity contribution in [1.82, 2.24) is 0 Å². The number of rotatable bonds is 3. The van der Waals surface area contributed by atoms with E-state index in [1.165, 1.54) is 12.1 Å². The number of hydrogen-bond acceptors (Lipinski definition) is 2. The predicted molar refractivity (Wildman–Crippen MR) is 57.9 cm³/mol. The molecule has 0 unspecified atom stereocenters. The van der Waals surface area contributed by atoms with Crippen LogP contribution in [0, 0.1) is 0 Å². The van der Waals surface area contributed by atoms with Crippen LogP contribution in [0.1, 0.15) is 18.0 Å². The first-order valence-corrected chi connectivity index (χ1v) is 4.41. The number of hydrogen-bond donors (Lipinski definition) is 2. The van der Waals surface area contributed by atoms with Crippen LogP contribution >= 0.6 is 24.0 Å². The van der Waals surface area contributed by atoms with Crippen LogP contribution < -0.4 is 5.73 Å². The van der Waals surface area contributed by atoms with Gasteiger partial charge in [-0.2, -0.15) is 0 Å². The van der Waals surface area contributed by atoms with E-state index in [4.69, 9.17) is 17.3 Å². The molecule has 0 aliphatic carbocycles. The summed E-state index contributed by atoms with van der Waals surface area (Å²) < 4.78 is 24.0. The summed E-state index contributed by atoms with van der Waals surface area (Å²) in [7, 11) is 0. The number of phenols is 1. The fourth-order valence-corrected chi connectivity index (χ4v) is 1.33. The van der Waals surface area contributed by atoms with Crippen molar-refractivity contribution in [2.75, 3.05) is 0 Å². The molecule has 0 aliphatic rings. The highest BCUT2D eigenvalue weighted by Crippen LogP contribution is 2.32. The van der Waals surface area contributed by atoms with E-state index in [1.807, 2.05) is 0 Å². The molecule has 15 heavy (non-hydrogen) atoms. The van der Waals surface area contributed by atoms with Crippen LogP contribution in [0.25, 0.3) is 0 Å². The minimum absolute atomic E-state index is 0. The van der Waals surface area contributed by atoms with Gasteiger partial charge in [-0.3, -0.25) is 0 Å². The molecule has 1 atom stereocenters. The Labute approximate surface area is 97.4 Å². The molecule has 1 aromatic rings. The second-order valence-electron chi connectivity index (χ2n) is 2.91. The van der Waals surface area contributed by atoms with Gasteiger partial charge >= 0.3 is 0 Å². The van der Waals surface area contributed by atoms with Gasteiger partial charge in [-0.05, 0) is 6.07 Å². The number of alkyl halides is 2. The van der Waals surface area contributed by atoms with Crippen LogP contribution in [0.3, 0.4) is 0 Å². The van der Waals surface area contributed by atoms with Gasteiger partial charge in [0.1, 0.15) is 5.75 Å². The summed E-state index contributed by atoms with van der Waals surface area (Å²) in [5, 5.41) is 9.54. The molecule has 0 spiro atoms. The average Bonchev–Trinajstić information content (AvgIpc) is 2.08. The highest BCUT2D eigenvalue weighted by molar-refractivity contribution is 6.32. The maximum Gasteiger partial charge on any atom is 0.240 e. The molecule has 0 saturated heterocycles. The molecule has 2 nitrogen and oxygen atoms in total. The number of benzene rings is 1. The van der Waals surface area contributed by atoms with Gasteiger partial charge < -0.3 is 10.8 Å². The largest absolute Gasteiger partial charge is 0.506 e. The van der Waals surface area contributed by atoms with E-state index in [0.29, 0.717) is 0 Å². The third-order valence-corrected chi connectivity index (χ3v) is 2.15. The maximum atomic E-state index is 12.0. The zero-order valence-corrected chi connectivity index (χ0v) is 9.23. The molecule has 1 rings (SSSR count). The fourth-order valence-electron chi connectivity index (χ4n) is 1.15. The van der Waals surface area contributed by atoms with Crippen molar-refractivity contribution >= 4 is 24.0 Å². The Morgan fingerprint density at radius 2 is 2.00 bits per heavy atom. The Bertz CT molecular complexity index is 323. The summed E-state index contributed by atoms with van der Waals surface area (Å²) in [6.07, 6.45) is -2.99. The Kier molecular flexibility index (Phi) is 5.87. The van der Waals surface area contributed by atoms with Crippen LogP contribution in [-0.2, 0) is 0 Å². The zero-order chi connectivity index (χ0) is 10.7. The Morgan fingerprint density at radius 3 is 2.53 bits per heavy atom. The molecule has 0 fully saturated rings. The standard InChI is InChI=1S/C9H10ClF2NO.ClH/c10-6-3-1-2-5(9(6)14)7(13)4-8(11)12;/h1-3,7-8,14H,4,13H2;1H/t7-;/m1./s1. The number of halogens is 4. The highest BCUT2D eigenvalue weighted by Gasteiger charge is 2.17. The van der Waals surface area contributed by atoms with Gasteiger partial charge in [0.25, 0.3) is 0 Å². The fraction of sp³-hybridized carbons (Fsp3) is 0.333. The van der Waals surface area contributed by atoms with E-state index in [1.54, 1.807) is 6.07 Å². The summed E-state index contributed by atoms with van der Waals surface area (Å²) in [6.45, 7) is 0. The van der Waals surface area contributed by atoms with Crippen molar-refractivity contribution in [2.24, 2.45) is 5.73 Å². The Hall–Kier alpha value is -0.580.